The molecule has 1 N–H and O–H groups in total. The molecule has 1 unspecified atom stereocenters. The van der Waals surface area contributed by atoms with Gasteiger partial charge in [0.2, 0.25) is 5.95 Å². The van der Waals surface area contributed by atoms with Gasteiger partial charge in [0, 0.05) is 0 Å². The fraction of sp³-hybridized carbons (Fsp3) is 0.273. The van der Waals surface area contributed by atoms with E-state index < -0.39 is 0 Å². The van der Waals surface area contributed by atoms with Gasteiger partial charge in [0.05, 0.1) is 12.2 Å². The van der Waals surface area contributed by atoms with Crippen LogP contribution in [0.5, 0.6) is 0 Å². The molecular weight excluding hydrogens is 207 g/mol. The first-order chi connectivity index (χ1) is 7.72. The first-order valence-corrected chi connectivity index (χ1v) is 4.97. The van der Waals surface area contributed by atoms with E-state index in [0.717, 1.165) is 6.42 Å². The van der Waals surface area contributed by atoms with Gasteiger partial charge >= 0.3 is 0 Å². The van der Waals surface area contributed by atoms with Crippen molar-refractivity contribution in [1.29, 1.82) is 0 Å². The zero-order valence-corrected chi connectivity index (χ0v) is 8.81. The summed E-state index contributed by atoms with van der Waals surface area (Å²) in [6, 6.07) is 2.79. The minimum atomic E-state index is -0.354. The normalized spacial score (nSPS) is 12.3. The van der Waals surface area contributed by atoms with Gasteiger partial charge in [-0.05, 0) is 18.6 Å². The molecular formula is C11H11FN4. The first-order valence-electron chi connectivity index (χ1n) is 4.97. The summed E-state index contributed by atoms with van der Waals surface area (Å²) in [7, 11) is 0. The molecule has 5 heteroatoms. The second-order valence-corrected chi connectivity index (χ2v) is 3.36. The number of pyridine rings is 1. The van der Waals surface area contributed by atoms with Gasteiger partial charge in [-0.25, -0.2) is 8.91 Å². The van der Waals surface area contributed by atoms with Crippen molar-refractivity contribution < 1.29 is 4.39 Å². The van der Waals surface area contributed by atoms with Crippen molar-refractivity contribution >= 4 is 11.6 Å². The largest absolute Gasteiger partial charge is 0.339 e. The molecule has 0 aliphatic heterocycles. The molecule has 0 aliphatic carbocycles. The minimum absolute atomic E-state index is 0.109. The number of nitrogens with one attached hydrogen (secondary N) is 1. The molecule has 4 nitrogen and oxygen atoms in total. The molecule has 0 saturated heterocycles. The minimum Gasteiger partial charge on any atom is -0.339 e. The van der Waals surface area contributed by atoms with Crippen molar-refractivity contribution in [2.45, 2.75) is 19.4 Å². The lowest BCUT2D eigenvalue weighted by Gasteiger charge is -2.06. The quantitative estimate of drug-likeness (QED) is 0.797. The van der Waals surface area contributed by atoms with Crippen LogP contribution in [0.25, 0.3) is 5.65 Å². The van der Waals surface area contributed by atoms with Crippen LogP contribution < -0.4 is 5.32 Å². The van der Waals surface area contributed by atoms with Crippen molar-refractivity contribution in [2.24, 2.45) is 0 Å². The SMILES string of the molecule is C#CC(CC)Nc1nc2ccc(F)cn2n1. The van der Waals surface area contributed by atoms with Gasteiger partial charge in [-0.3, -0.25) is 0 Å². The molecule has 0 aliphatic rings. The lowest BCUT2D eigenvalue weighted by Crippen LogP contribution is -2.16. The number of nitrogens with zero attached hydrogens (tertiary/aromatic N) is 3. The van der Waals surface area contributed by atoms with Crippen LogP contribution in [0, 0.1) is 18.2 Å². The Balaban J connectivity index is 2.30. The molecule has 1 atom stereocenters. The highest BCUT2D eigenvalue weighted by Gasteiger charge is 2.07. The van der Waals surface area contributed by atoms with E-state index in [1.165, 1.54) is 16.8 Å². The van der Waals surface area contributed by atoms with E-state index in [0.29, 0.717) is 11.6 Å². The summed E-state index contributed by atoms with van der Waals surface area (Å²) in [5.74, 6) is 2.64. The maximum absolute atomic E-state index is 12.9. The highest BCUT2D eigenvalue weighted by atomic mass is 19.1. The molecule has 2 heterocycles. The Morgan fingerprint density at radius 3 is 3.12 bits per heavy atom. The third-order valence-electron chi connectivity index (χ3n) is 2.21. The predicted octanol–water partition coefficient (Wildman–Crippen LogP) is 1.69. The first kappa shape index (κ1) is 10.4. The van der Waals surface area contributed by atoms with E-state index in [-0.39, 0.29) is 11.9 Å². The number of rotatable bonds is 3. The number of aromatic nitrogens is 3. The van der Waals surface area contributed by atoms with Crippen molar-refractivity contribution in [3.63, 3.8) is 0 Å². The summed E-state index contributed by atoms with van der Waals surface area (Å²) in [5.41, 5.74) is 0.579. The second-order valence-electron chi connectivity index (χ2n) is 3.36. The van der Waals surface area contributed by atoms with Gasteiger partial charge in [0.15, 0.2) is 5.65 Å². The van der Waals surface area contributed by atoms with Gasteiger partial charge in [-0.15, -0.1) is 11.5 Å². The fourth-order valence-electron chi connectivity index (χ4n) is 1.34. The zero-order chi connectivity index (χ0) is 11.5. The van der Waals surface area contributed by atoms with Crippen LogP contribution in [0.1, 0.15) is 13.3 Å². The summed E-state index contributed by atoms with van der Waals surface area (Å²) >= 11 is 0. The van der Waals surface area contributed by atoms with Crippen LogP contribution in [-0.4, -0.2) is 20.6 Å². The monoisotopic (exact) mass is 218 g/mol. The molecule has 16 heavy (non-hydrogen) atoms. The van der Waals surface area contributed by atoms with E-state index in [1.807, 2.05) is 6.92 Å². The van der Waals surface area contributed by atoms with E-state index in [9.17, 15) is 4.39 Å². The lowest BCUT2D eigenvalue weighted by atomic mass is 10.2. The van der Waals surface area contributed by atoms with Crippen molar-refractivity contribution in [1.82, 2.24) is 14.6 Å². The van der Waals surface area contributed by atoms with E-state index in [2.05, 4.69) is 21.3 Å². The standard InChI is InChI=1S/C11H11FN4/c1-3-9(4-2)13-11-14-10-6-5-8(12)7-16(10)15-11/h1,5-7,9H,4H2,2H3,(H,13,15). The van der Waals surface area contributed by atoms with E-state index >= 15 is 0 Å². The van der Waals surface area contributed by atoms with Crippen LogP contribution in [-0.2, 0) is 0 Å². The summed E-state index contributed by atoms with van der Waals surface area (Å²) in [6.45, 7) is 1.97. The molecule has 0 amide bonds. The molecule has 0 aromatic carbocycles. The number of hydrogen-bond donors (Lipinski definition) is 1. The predicted molar refractivity (Wildman–Crippen MR) is 59.5 cm³/mol. The van der Waals surface area contributed by atoms with Gasteiger partial charge < -0.3 is 5.32 Å². The van der Waals surface area contributed by atoms with Crippen LogP contribution in [0.15, 0.2) is 18.3 Å². The van der Waals surface area contributed by atoms with Gasteiger partial charge in [0.1, 0.15) is 5.82 Å². The molecule has 0 spiro atoms. The van der Waals surface area contributed by atoms with Crippen LogP contribution >= 0.6 is 0 Å². The molecule has 2 rings (SSSR count). The molecule has 2 aromatic heterocycles. The van der Waals surface area contributed by atoms with Crippen LogP contribution in [0.2, 0.25) is 0 Å². The highest BCUT2D eigenvalue weighted by molar-refractivity contribution is 5.44. The van der Waals surface area contributed by atoms with Gasteiger partial charge in [0.25, 0.3) is 0 Å². The van der Waals surface area contributed by atoms with Crippen molar-refractivity contribution in [3.8, 4) is 12.3 Å². The molecule has 0 fully saturated rings. The number of hydrogen-bond acceptors (Lipinski definition) is 3. The Morgan fingerprint density at radius 2 is 2.44 bits per heavy atom. The number of terminal acetylenes is 1. The second kappa shape index (κ2) is 4.19. The Kier molecular flexibility index (Phi) is 2.73. The van der Waals surface area contributed by atoms with Crippen molar-refractivity contribution in [3.05, 3.63) is 24.1 Å². The van der Waals surface area contributed by atoms with Crippen LogP contribution in [0.3, 0.4) is 0 Å². The summed E-state index contributed by atoms with van der Waals surface area (Å²) in [5, 5.41) is 7.05. The van der Waals surface area contributed by atoms with Gasteiger partial charge in [-0.1, -0.05) is 12.8 Å². The Hall–Kier alpha value is -2.09. The van der Waals surface area contributed by atoms with Crippen molar-refractivity contribution in [2.75, 3.05) is 5.32 Å². The smallest absolute Gasteiger partial charge is 0.244 e. The molecule has 82 valence electrons. The Morgan fingerprint density at radius 1 is 1.62 bits per heavy atom. The molecule has 0 bridgehead atoms. The third kappa shape index (κ3) is 1.96. The summed E-state index contributed by atoms with van der Waals surface area (Å²) < 4.78 is 14.3. The zero-order valence-electron chi connectivity index (χ0n) is 8.81. The lowest BCUT2D eigenvalue weighted by molar-refractivity contribution is 0.614. The van der Waals surface area contributed by atoms with E-state index in [4.69, 9.17) is 6.42 Å². The fourth-order valence-corrected chi connectivity index (χ4v) is 1.34. The highest BCUT2D eigenvalue weighted by Crippen LogP contribution is 2.08. The summed E-state index contributed by atoms with van der Waals surface area (Å²) in [4.78, 5) is 4.17. The Labute approximate surface area is 92.5 Å². The van der Waals surface area contributed by atoms with Gasteiger partial charge in [-0.2, -0.15) is 4.98 Å². The third-order valence-corrected chi connectivity index (χ3v) is 2.21. The number of anilines is 1. The average Bonchev–Trinajstić information content (AvgIpc) is 2.67. The maximum atomic E-state index is 12.9. The maximum Gasteiger partial charge on any atom is 0.244 e. The number of halogens is 1. The van der Waals surface area contributed by atoms with Crippen LogP contribution in [0.4, 0.5) is 10.3 Å². The molecule has 0 radical (unpaired) electrons. The topological polar surface area (TPSA) is 42.2 Å². The molecule has 0 saturated carbocycles. The number of fused-ring (bicyclic) bond motifs is 1. The Bertz CT molecular complexity index is 540. The molecule has 2 aromatic rings. The average molecular weight is 218 g/mol. The van der Waals surface area contributed by atoms with E-state index in [1.54, 1.807) is 6.07 Å². The summed E-state index contributed by atoms with van der Waals surface area (Å²) in [6.07, 6.45) is 7.36.